The van der Waals surface area contributed by atoms with Gasteiger partial charge in [0.1, 0.15) is 11.5 Å². The van der Waals surface area contributed by atoms with E-state index in [1.54, 1.807) is 5.38 Å². The lowest BCUT2D eigenvalue weighted by Gasteiger charge is -2.25. The summed E-state index contributed by atoms with van der Waals surface area (Å²) < 4.78 is 7.51. The minimum Gasteiger partial charge on any atom is -0.378 e. The zero-order chi connectivity index (χ0) is 22.6. The second kappa shape index (κ2) is 9.72. The van der Waals surface area contributed by atoms with Crippen LogP contribution in [0.5, 0.6) is 0 Å². The average Bonchev–Trinajstić information content (AvgIpc) is 3.42. The van der Waals surface area contributed by atoms with Gasteiger partial charge in [0.25, 0.3) is 11.8 Å². The number of amides is 2. The number of nitrogens with zero attached hydrogens (tertiary/aromatic N) is 4. The lowest BCUT2D eigenvalue weighted by molar-refractivity contribution is 0.0841. The maximum atomic E-state index is 13.0. The van der Waals surface area contributed by atoms with Crippen LogP contribution in [-0.4, -0.2) is 52.7 Å². The summed E-state index contributed by atoms with van der Waals surface area (Å²) in [6, 6.07) is 9.89. The van der Waals surface area contributed by atoms with Gasteiger partial charge < -0.3 is 14.2 Å². The van der Waals surface area contributed by atoms with E-state index in [9.17, 15) is 9.59 Å². The molecule has 0 bridgehead atoms. The van der Waals surface area contributed by atoms with Gasteiger partial charge in [0.2, 0.25) is 0 Å². The zero-order valence-electron chi connectivity index (χ0n) is 18.2. The first-order valence-corrected chi connectivity index (χ1v) is 12.1. The highest BCUT2D eigenvalue weighted by molar-refractivity contribution is 7.13. The maximum Gasteiger partial charge on any atom is 0.290 e. The van der Waals surface area contributed by atoms with Crippen LogP contribution in [0.15, 0.2) is 35.7 Å². The molecular formula is C23H26N6O3S. The zero-order valence-corrected chi connectivity index (χ0v) is 19.1. The normalized spacial score (nSPS) is 16.1. The predicted octanol–water partition coefficient (Wildman–Crippen LogP) is 2.64. The molecule has 2 aliphatic heterocycles. The summed E-state index contributed by atoms with van der Waals surface area (Å²) in [5, 5.41) is 2.48. The molecule has 2 aliphatic rings. The minimum atomic E-state index is -0.451. The Bertz CT molecular complexity index is 1140. The predicted molar refractivity (Wildman–Crippen MR) is 125 cm³/mol. The molecule has 9 nitrogen and oxygen atoms in total. The highest BCUT2D eigenvalue weighted by atomic mass is 32.1. The molecular weight excluding hydrogens is 440 g/mol. The third-order valence-electron chi connectivity index (χ3n) is 5.91. The molecule has 172 valence electrons. The number of carbonyl (C=O) groups is 2. The molecule has 2 aromatic heterocycles. The van der Waals surface area contributed by atoms with E-state index in [4.69, 9.17) is 4.74 Å². The number of morpholine rings is 1. The molecule has 3 aromatic rings. The monoisotopic (exact) mass is 466 g/mol. The molecule has 33 heavy (non-hydrogen) atoms. The fourth-order valence-corrected chi connectivity index (χ4v) is 5.07. The van der Waals surface area contributed by atoms with Crippen molar-refractivity contribution in [2.45, 2.75) is 32.2 Å². The molecule has 0 unspecified atom stereocenters. The maximum absolute atomic E-state index is 13.0. The van der Waals surface area contributed by atoms with E-state index in [2.05, 4.69) is 30.3 Å². The molecule has 0 saturated carbocycles. The number of aromatic nitrogens is 3. The van der Waals surface area contributed by atoms with Crippen LogP contribution in [0.4, 0.5) is 5.13 Å². The number of anilines is 1. The summed E-state index contributed by atoms with van der Waals surface area (Å²) in [5.74, 6) is -0.0777. The van der Waals surface area contributed by atoms with Gasteiger partial charge in [0, 0.05) is 30.6 Å². The van der Waals surface area contributed by atoms with Crippen molar-refractivity contribution < 1.29 is 14.3 Å². The molecule has 10 heteroatoms. The van der Waals surface area contributed by atoms with Crippen LogP contribution in [-0.2, 0) is 17.7 Å². The van der Waals surface area contributed by atoms with E-state index >= 15 is 0 Å². The van der Waals surface area contributed by atoms with Crippen LogP contribution < -0.4 is 15.8 Å². The van der Waals surface area contributed by atoms with Gasteiger partial charge in [0.05, 0.1) is 18.9 Å². The Morgan fingerprint density at radius 2 is 1.73 bits per heavy atom. The number of benzene rings is 1. The SMILES string of the molecule is O=C(NNC(=O)c1nc(-c2ccccc2)n2c1CCCCC2)c1csc(N2CCOCC2)n1. The van der Waals surface area contributed by atoms with Crippen molar-refractivity contribution in [3.63, 3.8) is 0 Å². The first kappa shape index (κ1) is 21.6. The molecule has 4 heterocycles. The Morgan fingerprint density at radius 3 is 2.55 bits per heavy atom. The molecule has 2 amide bonds. The van der Waals surface area contributed by atoms with Crippen molar-refractivity contribution in [1.29, 1.82) is 0 Å². The van der Waals surface area contributed by atoms with Gasteiger partial charge in [-0.05, 0) is 19.3 Å². The number of ether oxygens (including phenoxy) is 1. The van der Waals surface area contributed by atoms with Crippen LogP contribution in [0.3, 0.4) is 0 Å². The number of hydrogen-bond donors (Lipinski definition) is 2. The highest BCUT2D eigenvalue weighted by Gasteiger charge is 2.25. The third kappa shape index (κ3) is 4.62. The van der Waals surface area contributed by atoms with Crippen LogP contribution in [0.25, 0.3) is 11.4 Å². The topological polar surface area (TPSA) is 101 Å². The summed E-state index contributed by atoms with van der Waals surface area (Å²) >= 11 is 1.41. The van der Waals surface area contributed by atoms with E-state index < -0.39 is 11.8 Å². The van der Waals surface area contributed by atoms with Crippen molar-refractivity contribution in [2.75, 3.05) is 31.2 Å². The van der Waals surface area contributed by atoms with E-state index in [-0.39, 0.29) is 5.69 Å². The van der Waals surface area contributed by atoms with E-state index in [1.807, 2.05) is 30.3 Å². The van der Waals surface area contributed by atoms with Crippen LogP contribution in [0, 0.1) is 0 Å². The number of thiazole rings is 1. The fourth-order valence-electron chi connectivity index (χ4n) is 4.21. The Morgan fingerprint density at radius 1 is 0.939 bits per heavy atom. The summed E-state index contributed by atoms with van der Waals surface area (Å²) in [4.78, 5) is 36.8. The van der Waals surface area contributed by atoms with Gasteiger partial charge in [-0.3, -0.25) is 20.4 Å². The van der Waals surface area contributed by atoms with Crippen LogP contribution >= 0.6 is 11.3 Å². The molecule has 0 spiro atoms. The van der Waals surface area contributed by atoms with Gasteiger partial charge in [-0.25, -0.2) is 9.97 Å². The first-order valence-electron chi connectivity index (χ1n) is 11.2. The number of rotatable bonds is 4. The number of hydrogen-bond acceptors (Lipinski definition) is 7. The standard InChI is InChI=1S/C23H26N6O3S/c30-21(17-15-33-23(24-17)28-11-13-32-14-12-28)26-27-22(31)19-18-9-5-2-6-10-29(18)20(25-19)16-7-3-1-4-8-16/h1,3-4,7-8,15H,2,5-6,9-14H2,(H,26,30)(H,27,31). The molecule has 1 fully saturated rings. The lowest BCUT2D eigenvalue weighted by Crippen LogP contribution is -2.42. The Kier molecular flexibility index (Phi) is 6.36. The Balaban J connectivity index is 1.30. The van der Waals surface area contributed by atoms with Gasteiger partial charge in [0.15, 0.2) is 10.8 Å². The van der Waals surface area contributed by atoms with Crippen molar-refractivity contribution in [1.82, 2.24) is 25.4 Å². The fraction of sp³-hybridized carbons (Fsp3) is 0.391. The summed E-state index contributed by atoms with van der Waals surface area (Å²) in [5.41, 5.74) is 7.57. The molecule has 2 N–H and O–H groups in total. The largest absolute Gasteiger partial charge is 0.378 e. The van der Waals surface area contributed by atoms with Crippen LogP contribution in [0.1, 0.15) is 45.9 Å². The number of fused-ring (bicyclic) bond motifs is 1. The third-order valence-corrected chi connectivity index (χ3v) is 6.81. The smallest absolute Gasteiger partial charge is 0.290 e. The van der Waals surface area contributed by atoms with Gasteiger partial charge in [-0.1, -0.05) is 36.8 Å². The molecule has 1 saturated heterocycles. The second-order valence-corrected chi connectivity index (χ2v) is 8.92. The van der Waals surface area contributed by atoms with E-state index in [0.29, 0.717) is 18.9 Å². The second-order valence-electron chi connectivity index (χ2n) is 8.08. The van der Waals surface area contributed by atoms with Crippen molar-refractivity contribution >= 4 is 28.3 Å². The van der Waals surface area contributed by atoms with Gasteiger partial charge in [-0.15, -0.1) is 11.3 Å². The Labute approximate surface area is 195 Å². The molecule has 0 aliphatic carbocycles. The molecule has 0 atom stereocenters. The van der Waals surface area contributed by atoms with E-state index in [1.165, 1.54) is 11.3 Å². The number of nitrogens with one attached hydrogen (secondary N) is 2. The van der Waals surface area contributed by atoms with E-state index in [0.717, 1.165) is 67.5 Å². The molecule has 5 rings (SSSR count). The molecule has 0 radical (unpaired) electrons. The van der Waals surface area contributed by atoms with Gasteiger partial charge in [-0.2, -0.15) is 0 Å². The van der Waals surface area contributed by atoms with Gasteiger partial charge >= 0.3 is 0 Å². The first-order chi connectivity index (χ1) is 16.2. The molecule has 1 aromatic carbocycles. The number of imidazole rings is 1. The van der Waals surface area contributed by atoms with Crippen molar-refractivity contribution in [3.8, 4) is 11.4 Å². The lowest BCUT2D eigenvalue weighted by atomic mass is 10.1. The van der Waals surface area contributed by atoms with Crippen molar-refractivity contribution in [2.24, 2.45) is 0 Å². The quantitative estimate of drug-likeness (QED) is 0.574. The average molecular weight is 467 g/mol. The van der Waals surface area contributed by atoms with Crippen LogP contribution in [0.2, 0.25) is 0 Å². The number of carbonyl (C=O) groups excluding carboxylic acids is 2. The highest BCUT2D eigenvalue weighted by Crippen LogP contribution is 2.27. The summed E-state index contributed by atoms with van der Waals surface area (Å²) in [6.07, 6.45) is 3.96. The van der Waals surface area contributed by atoms with Crippen molar-refractivity contribution in [3.05, 3.63) is 52.8 Å². The number of hydrazine groups is 1. The summed E-state index contributed by atoms with van der Waals surface area (Å²) in [7, 11) is 0. The summed E-state index contributed by atoms with van der Waals surface area (Å²) in [6.45, 7) is 3.63. The minimum absolute atomic E-state index is 0.274. The Hall–Kier alpha value is -3.24.